The number of nitrogens with zero attached hydrogens (tertiary/aromatic N) is 2. The largest absolute Gasteiger partial charge is 0.317 e. The average molecular weight is 199 g/mol. The zero-order valence-electron chi connectivity index (χ0n) is 9.92. The van der Waals surface area contributed by atoms with Crippen molar-refractivity contribution in [1.29, 1.82) is 0 Å². The smallest absolute Gasteiger partial charge is 0.0116 e. The molecule has 0 aromatic heterocycles. The Kier molecular flexibility index (Phi) is 5.45. The van der Waals surface area contributed by atoms with E-state index in [0.29, 0.717) is 0 Å². The van der Waals surface area contributed by atoms with Crippen LogP contribution >= 0.6 is 0 Å². The van der Waals surface area contributed by atoms with Crippen LogP contribution in [0.3, 0.4) is 0 Å². The number of piperidine rings is 1. The fraction of sp³-hybridized carbons (Fsp3) is 1.00. The lowest BCUT2D eigenvalue weighted by atomic mass is 10.1. The van der Waals surface area contributed by atoms with E-state index in [-0.39, 0.29) is 0 Å². The molecule has 0 aliphatic carbocycles. The number of nitrogens with one attached hydrogen (secondary N) is 1. The van der Waals surface area contributed by atoms with E-state index in [1.54, 1.807) is 0 Å². The van der Waals surface area contributed by atoms with Crippen LogP contribution in [0.1, 0.15) is 19.3 Å². The van der Waals surface area contributed by atoms with Crippen molar-refractivity contribution in [3.8, 4) is 0 Å². The normalized spacial score (nSPS) is 19.5. The summed E-state index contributed by atoms with van der Waals surface area (Å²) in [5.74, 6) is 0. The van der Waals surface area contributed by atoms with Crippen LogP contribution in [0, 0.1) is 0 Å². The molecule has 0 saturated carbocycles. The standard InChI is InChI=1S/C11H25N3/c1-13(2)9-4-10-14(3)11-5-7-12-8-6-11/h11-12H,4-10H2,1-3H3. The summed E-state index contributed by atoms with van der Waals surface area (Å²) in [5, 5.41) is 3.41. The lowest BCUT2D eigenvalue weighted by Gasteiger charge is -2.31. The quantitative estimate of drug-likeness (QED) is 0.700. The van der Waals surface area contributed by atoms with Crippen LogP contribution in [0.15, 0.2) is 0 Å². The van der Waals surface area contributed by atoms with Crippen LogP contribution in [0.25, 0.3) is 0 Å². The van der Waals surface area contributed by atoms with Gasteiger partial charge in [0.1, 0.15) is 0 Å². The highest BCUT2D eigenvalue weighted by atomic mass is 15.1. The summed E-state index contributed by atoms with van der Waals surface area (Å²) in [6.45, 7) is 4.84. The van der Waals surface area contributed by atoms with Gasteiger partial charge >= 0.3 is 0 Å². The SMILES string of the molecule is CN(C)CCCN(C)C1CCNCC1. The second kappa shape index (κ2) is 6.38. The minimum Gasteiger partial charge on any atom is -0.317 e. The van der Waals surface area contributed by atoms with E-state index in [9.17, 15) is 0 Å². The van der Waals surface area contributed by atoms with Crippen LogP contribution in [-0.2, 0) is 0 Å². The first-order valence-electron chi connectivity index (χ1n) is 5.76. The summed E-state index contributed by atoms with van der Waals surface area (Å²) in [5.41, 5.74) is 0. The highest BCUT2D eigenvalue weighted by Gasteiger charge is 2.16. The molecule has 3 nitrogen and oxygen atoms in total. The first kappa shape index (κ1) is 12.0. The van der Waals surface area contributed by atoms with Crippen molar-refractivity contribution < 1.29 is 0 Å². The van der Waals surface area contributed by atoms with Gasteiger partial charge in [0.05, 0.1) is 0 Å². The van der Waals surface area contributed by atoms with Gasteiger partial charge in [0.15, 0.2) is 0 Å². The maximum atomic E-state index is 3.41. The van der Waals surface area contributed by atoms with E-state index in [4.69, 9.17) is 0 Å². The molecule has 3 heteroatoms. The predicted octanol–water partition coefficient (Wildman–Crippen LogP) is 0.622. The van der Waals surface area contributed by atoms with E-state index in [1.807, 2.05) is 0 Å². The maximum Gasteiger partial charge on any atom is 0.0116 e. The molecule has 14 heavy (non-hydrogen) atoms. The third kappa shape index (κ3) is 4.40. The Hall–Kier alpha value is -0.120. The van der Waals surface area contributed by atoms with Crippen molar-refractivity contribution in [1.82, 2.24) is 15.1 Å². The van der Waals surface area contributed by atoms with Crippen molar-refractivity contribution in [2.45, 2.75) is 25.3 Å². The number of hydrogen-bond donors (Lipinski definition) is 1. The number of rotatable bonds is 5. The van der Waals surface area contributed by atoms with Crippen LogP contribution < -0.4 is 5.32 Å². The van der Waals surface area contributed by atoms with Crippen molar-refractivity contribution in [3.63, 3.8) is 0 Å². The molecule has 1 saturated heterocycles. The van der Waals surface area contributed by atoms with E-state index >= 15 is 0 Å². The van der Waals surface area contributed by atoms with Crippen molar-refractivity contribution >= 4 is 0 Å². The first-order valence-corrected chi connectivity index (χ1v) is 5.76. The summed E-state index contributed by atoms with van der Waals surface area (Å²) in [4.78, 5) is 4.79. The van der Waals surface area contributed by atoms with Gasteiger partial charge in [0.25, 0.3) is 0 Å². The monoisotopic (exact) mass is 199 g/mol. The van der Waals surface area contributed by atoms with Gasteiger partial charge in [-0.25, -0.2) is 0 Å². The highest BCUT2D eigenvalue weighted by molar-refractivity contribution is 4.75. The van der Waals surface area contributed by atoms with Crippen LogP contribution in [0.5, 0.6) is 0 Å². The Morgan fingerprint density at radius 2 is 1.71 bits per heavy atom. The Bertz CT molecular complexity index is 141. The average Bonchev–Trinajstić information content (AvgIpc) is 2.18. The predicted molar refractivity (Wildman–Crippen MR) is 61.7 cm³/mol. The summed E-state index contributed by atoms with van der Waals surface area (Å²) in [6, 6.07) is 0.818. The summed E-state index contributed by atoms with van der Waals surface area (Å²) in [7, 11) is 6.56. The molecule has 1 N–H and O–H groups in total. The third-order valence-corrected chi connectivity index (χ3v) is 3.05. The lowest BCUT2D eigenvalue weighted by molar-refractivity contribution is 0.191. The fourth-order valence-electron chi connectivity index (χ4n) is 2.07. The molecular weight excluding hydrogens is 174 g/mol. The minimum absolute atomic E-state index is 0.818. The molecule has 1 aliphatic rings. The second-order valence-corrected chi connectivity index (χ2v) is 4.62. The van der Waals surface area contributed by atoms with Gasteiger partial charge in [-0.15, -0.1) is 0 Å². The molecular formula is C11H25N3. The lowest BCUT2D eigenvalue weighted by Crippen LogP contribution is -2.41. The minimum atomic E-state index is 0.818. The van der Waals surface area contributed by atoms with E-state index in [1.165, 1.54) is 45.4 Å². The van der Waals surface area contributed by atoms with Gasteiger partial charge < -0.3 is 15.1 Å². The summed E-state index contributed by atoms with van der Waals surface area (Å²) >= 11 is 0. The fourth-order valence-corrected chi connectivity index (χ4v) is 2.07. The number of hydrogen-bond acceptors (Lipinski definition) is 3. The van der Waals surface area contributed by atoms with E-state index in [0.717, 1.165) is 6.04 Å². The Morgan fingerprint density at radius 1 is 1.07 bits per heavy atom. The molecule has 1 aliphatic heterocycles. The molecule has 0 aromatic carbocycles. The van der Waals surface area contributed by atoms with Crippen molar-refractivity contribution in [2.24, 2.45) is 0 Å². The molecule has 0 aromatic rings. The van der Waals surface area contributed by atoms with Crippen molar-refractivity contribution in [2.75, 3.05) is 47.3 Å². The van der Waals surface area contributed by atoms with Crippen LogP contribution in [0.2, 0.25) is 0 Å². The van der Waals surface area contributed by atoms with E-state index < -0.39 is 0 Å². The van der Waals surface area contributed by atoms with Gasteiger partial charge in [0.2, 0.25) is 0 Å². The molecule has 0 atom stereocenters. The molecule has 1 heterocycles. The third-order valence-electron chi connectivity index (χ3n) is 3.05. The maximum absolute atomic E-state index is 3.41. The molecule has 0 bridgehead atoms. The Balaban J connectivity index is 2.10. The molecule has 0 amide bonds. The molecule has 0 unspecified atom stereocenters. The van der Waals surface area contributed by atoms with E-state index in [2.05, 4.69) is 36.3 Å². The van der Waals surface area contributed by atoms with Crippen molar-refractivity contribution in [3.05, 3.63) is 0 Å². The van der Waals surface area contributed by atoms with Gasteiger partial charge in [-0.1, -0.05) is 0 Å². The Morgan fingerprint density at radius 3 is 2.29 bits per heavy atom. The zero-order valence-corrected chi connectivity index (χ0v) is 9.92. The zero-order chi connectivity index (χ0) is 10.4. The van der Waals surface area contributed by atoms with Crippen LogP contribution in [0.4, 0.5) is 0 Å². The Labute approximate surface area is 88.5 Å². The molecule has 0 spiro atoms. The van der Waals surface area contributed by atoms with Gasteiger partial charge in [-0.05, 0) is 66.6 Å². The second-order valence-electron chi connectivity index (χ2n) is 4.62. The van der Waals surface area contributed by atoms with Gasteiger partial charge in [-0.2, -0.15) is 0 Å². The molecule has 0 radical (unpaired) electrons. The van der Waals surface area contributed by atoms with Gasteiger partial charge in [-0.3, -0.25) is 0 Å². The highest BCUT2D eigenvalue weighted by Crippen LogP contribution is 2.09. The topological polar surface area (TPSA) is 18.5 Å². The molecule has 1 rings (SSSR count). The van der Waals surface area contributed by atoms with Crippen LogP contribution in [-0.4, -0.2) is 63.2 Å². The molecule has 84 valence electrons. The molecule has 1 fully saturated rings. The summed E-state index contributed by atoms with van der Waals surface area (Å²) < 4.78 is 0. The first-order chi connectivity index (χ1) is 6.70. The summed E-state index contributed by atoms with van der Waals surface area (Å²) in [6.07, 6.45) is 3.92. The van der Waals surface area contributed by atoms with Gasteiger partial charge in [0, 0.05) is 6.04 Å².